The van der Waals surface area contributed by atoms with Crippen LogP contribution in [0.4, 0.5) is 5.69 Å². The van der Waals surface area contributed by atoms with Crippen LogP contribution in [0.2, 0.25) is 0 Å². The van der Waals surface area contributed by atoms with E-state index in [-0.39, 0.29) is 6.04 Å². The largest absolute Gasteiger partial charge is 0.370 e. The first kappa shape index (κ1) is 19.3. The molecule has 0 saturated carbocycles. The second kappa shape index (κ2) is 8.95. The number of ether oxygens (including phenoxy) is 1. The topological polar surface area (TPSA) is 37.7 Å². The average molecular weight is 391 g/mol. The summed E-state index contributed by atoms with van der Waals surface area (Å²) >= 11 is 7.44. The van der Waals surface area contributed by atoms with Crippen LogP contribution in [0.3, 0.4) is 0 Å². The number of morpholine rings is 1. The minimum Gasteiger partial charge on any atom is -0.370 e. The molecule has 0 radical (unpaired) electrons. The standard InChI is InChI=1S/C20H27N3OS2/c1-14-6-7-15(2)17(13-14)22-20(25)21-16(3)19(18-5-4-12-26-18)23-8-10-24-11-9-23/h4-7,12-13,16,19H,8-11H2,1-3H3,(H2,21,22,25)/p+1/t16-,19-/m0/s1. The van der Waals surface area contributed by atoms with Crippen LogP contribution in [-0.4, -0.2) is 37.5 Å². The van der Waals surface area contributed by atoms with Gasteiger partial charge in [-0.05, 0) is 61.6 Å². The maximum Gasteiger partial charge on any atom is 0.171 e. The zero-order chi connectivity index (χ0) is 18.5. The molecule has 3 N–H and O–H groups in total. The number of nitrogens with one attached hydrogen (secondary N) is 3. The Morgan fingerprint density at radius 2 is 2.00 bits per heavy atom. The Balaban J connectivity index is 1.69. The van der Waals surface area contributed by atoms with Gasteiger partial charge in [0, 0.05) is 5.69 Å². The van der Waals surface area contributed by atoms with E-state index in [0.29, 0.717) is 11.2 Å². The van der Waals surface area contributed by atoms with Crippen molar-refractivity contribution < 1.29 is 9.64 Å². The first-order valence-corrected chi connectivity index (χ1v) is 10.4. The van der Waals surface area contributed by atoms with Crippen molar-refractivity contribution in [3.05, 3.63) is 51.7 Å². The number of anilines is 1. The van der Waals surface area contributed by atoms with Gasteiger partial charge in [-0.1, -0.05) is 18.2 Å². The highest BCUT2D eigenvalue weighted by molar-refractivity contribution is 7.80. The summed E-state index contributed by atoms with van der Waals surface area (Å²) in [4.78, 5) is 2.96. The average Bonchev–Trinajstić information content (AvgIpc) is 3.13. The molecule has 2 heterocycles. The molecule has 1 aromatic heterocycles. The maximum absolute atomic E-state index is 5.61. The molecule has 26 heavy (non-hydrogen) atoms. The van der Waals surface area contributed by atoms with Crippen LogP contribution in [0, 0.1) is 13.8 Å². The zero-order valence-electron chi connectivity index (χ0n) is 15.7. The van der Waals surface area contributed by atoms with Crippen molar-refractivity contribution in [2.75, 3.05) is 31.6 Å². The van der Waals surface area contributed by atoms with Gasteiger partial charge in [-0.3, -0.25) is 0 Å². The smallest absolute Gasteiger partial charge is 0.171 e. The lowest BCUT2D eigenvalue weighted by molar-refractivity contribution is -0.939. The third-order valence-electron chi connectivity index (χ3n) is 4.92. The molecule has 0 amide bonds. The molecule has 1 fully saturated rings. The molecule has 1 aliphatic rings. The summed E-state index contributed by atoms with van der Waals surface area (Å²) in [5.74, 6) is 0. The van der Waals surface area contributed by atoms with Crippen molar-refractivity contribution in [1.29, 1.82) is 0 Å². The highest BCUT2D eigenvalue weighted by Gasteiger charge is 2.32. The SMILES string of the molecule is Cc1ccc(C)c(NC(=S)N[C@@H](C)[C@@H](c2cccs2)[NH+]2CCOCC2)c1. The minimum absolute atomic E-state index is 0.229. The molecule has 3 rings (SSSR count). The molecule has 6 heteroatoms. The van der Waals surface area contributed by atoms with Gasteiger partial charge in [0.1, 0.15) is 19.1 Å². The van der Waals surface area contributed by atoms with Crippen LogP contribution >= 0.6 is 23.6 Å². The third kappa shape index (κ3) is 4.82. The predicted octanol–water partition coefficient (Wildman–Crippen LogP) is 2.70. The number of hydrogen-bond donors (Lipinski definition) is 3. The Morgan fingerprint density at radius 1 is 1.23 bits per heavy atom. The van der Waals surface area contributed by atoms with Crippen molar-refractivity contribution in [2.45, 2.75) is 32.9 Å². The molecule has 1 aromatic carbocycles. The number of thiocarbonyl (C=S) groups is 1. The van der Waals surface area contributed by atoms with Crippen molar-refractivity contribution in [3.63, 3.8) is 0 Å². The summed E-state index contributed by atoms with van der Waals surface area (Å²) in [6, 6.07) is 11.3. The summed E-state index contributed by atoms with van der Waals surface area (Å²) < 4.78 is 5.56. The Bertz CT molecular complexity index is 727. The van der Waals surface area contributed by atoms with Gasteiger partial charge in [-0.2, -0.15) is 0 Å². The van der Waals surface area contributed by atoms with Crippen LogP contribution in [0.5, 0.6) is 0 Å². The van der Waals surface area contributed by atoms with Gasteiger partial charge in [0.25, 0.3) is 0 Å². The van der Waals surface area contributed by atoms with E-state index in [0.717, 1.165) is 32.0 Å². The van der Waals surface area contributed by atoms with Crippen LogP contribution in [0.1, 0.15) is 29.0 Å². The molecule has 140 valence electrons. The fraction of sp³-hybridized carbons (Fsp3) is 0.450. The quantitative estimate of drug-likeness (QED) is 0.687. The second-order valence-corrected chi connectivity index (χ2v) is 8.36. The van der Waals surface area contributed by atoms with E-state index in [9.17, 15) is 0 Å². The fourth-order valence-electron chi connectivity index (χ4n) is 3.53. The number of rotatable bonds is 5. The van der Waals surface area contributed by atoms with E-state index in [4.69, 9.17) is 17.0 Å². The summed E-state index contributed by atoms with van der Waals surface area (Å²) in [6.45, 7) is 10.1. The summed E-state index contributed by atoms with van der Waals surface area (Å²) in [7, 11) is 0. The Kier molecular flexibility index (Phi) is 6.64. The third-order valence-corrected chi connectivity index (χ3v) is 6.10. The van der Waals surface area contributed by atoms with Crippen LogP contribution in [0.25, 0.3) is 0 Å². The number of aryl methyl sites for hydroxylation is 2. The molecule has 1 saturated heterocycles. The molecule has 2 atom stereocenters. The van der Waals surface area contributed by atoms with E-state index in [1.54, 1.807) is 4.90 Å². The van der Waals surface area contributed by atoms with Gasteiger partial charge in [0.2, 0.25) is 0 Å². The molecule has 4 nitrogen and oxygen atoms in total. The predicted molar refractivity (Wildman–Crippen MR) is 113 cm³/mol. The summed E-state index contributed by atoms with van der Waals surface area (Å²) in [5.41, 5.74) is 3.49. The van der Waals surface area contributed by atoms with Gasteiger partial charge in [-0.15, -0.1) is 11.3 Å². The minimum atomic E-state index is 0.229. The van der Waals surface area contributed by atoms with Crippen LogP contribution in [-0.2, 0) is 4.74 Å². The molecular formula is C20H28N3OS2+. The van der Waals surface area contributed by atoms with Gasteiger partial charge < -0.3 is 20.3 Å². The molecular weight excluding hydrogens is 362 g/mol. The monoisotopic (exact) mass is 390 g/mol. The Hall–Kier alpha value is -1.47. The fourth-order valence-corrected chi connectivity index (χ4v) is 4.82. The zero-order valence-corrected chi connectivity index (χ0v) is 17.3. The van der Waals surface area contributed by atoms with E-state index < -0.39 is 0 Å². The molecule has 2 aromatic rings. The number of hydrogen-bond acceptors (Lipinski definition) is 3. The highest BCUT2D eigenvalue weighted by atomic mass is 32.1. The Morgan fingerprint density at radius 3 is 2.69 bits per heavy atom. The van der Waals surface area contributed by atoms with Crippen molar-refractivity contribution in [2.24, 2.45) is 0 Å². The second-order valence-electron chi connectivity index (χ2n) is 6.97. The van der Waals surface area contributed by atoms with Crippen LogP contribution < -0.4 is 15.5 Å². The maximum atomic E-state index is 5.61. The van der Waals surface area contributed by atoms with Gasteiger partial charge in [-0.25, -0.2) is 0 Å². The molecule has 0 bridgehead atoms. The molecule has 1 aliphatic heterocycles. The Labute approximate surface area is 165 Å². The number of quaternary nitrogens is 1. The lowest BCUT2D eigenvalue weighted by atomic mass is 10.1. The number of benzene rings is 1. The summed E-state index contributed by atoms with van der Waals surface area (Å²) in [5, 5.41) is 9.74. The lowest BCUT2D eigenvalue weighted by Crippen LogP contribution is -3.15. The molecule has 0 aliphatic carbocycles. The first-order chi connectivity index (χ1) is 12.5. The summed E-state index contributed by atoms with van der Waals surface area (Å²) in [6.07, 6.45) is 0. The first-order valence-electron chi connectivity index (χ1n) is 9.15. The van der Waals surface area contributed by atoms with Gasteiger partial charge in [0.05, 0.1) is 24.1 Å². The van der Waals surface area contributed by atoms with Crippen molar-refractivity contribution >= 4 is 34.4 Å². The molecule has 0 unspecified atom stereocenters. The van der Waals surface area contributed by atoms with Crippen molar-refractivity contribution in [3.8, 4) is 0 Å². The van der Waals surface area contributed by atoms with E-state index in [2.05, 4.69) is 67.1 Å². The lowest BCUT2D eigenvalue weighted by Gasteiger charge is -2.35. The number of thiophene rings is 1. The highest BCUT2D eigenvalue weighted by Crippen LogP contribution is 2.21. The molecule has 0 spiro atoms. The van der Waals surface area contributed by atoms with Crippen molar-refractivity contribution in [1.82, 2.24) is 5.32 Å². The van der Waals surface area contributed by atoms with E-state index in [1.807, 2.05) is 11.3 Å². The normalized spacial score (nSPS) is 17.5. The van der Waals surface area contributed by atoms with Crippen LogP contribution in [0.15, 0.2) is 35.7 Å². The van der Waals surface area contributed by atoms with E-state index in [1.165, 1.54) is 16.0 Å². The van der Waals surface area contributed by atoms with Gasteiger partial charge in [0.15, 0.2) is 5.11 Å². The van der Waals surface area contributed by atoms with Gasteiger partial charge >= 0.3 is 0 Å². The van der Waals surface area contributed by atoms with E-state index >= 15 is 0 Å².